The molecule has 10 heteroatoms. The van der Waals surface area contributed by atoms with Gasteiger partial charge in [-0.05, 0) is 19.3 Å². The van der Waals surface area contributed by atoms with E-state index in [1.54, 1.807) is 0 Å². The first kappa shape index (κ1) is 27.3. The molecule has 188 valence electrons. The van der Waals surface area contributed by atoms with Gasteiger partial charge in [-0.25, -0.2) is 24.0 Å². The minimum atomic E-state index is -1.46. The highest BCUT2D eigenvalue weighted by Gasteiger charge is 2.60. The van der Waals surface area contributed by atoms with Gasteiger partial charge in [-0.3, -0.25) is 0 Å². The van der Waals surface area contributed by atoms with Crippen molar-refractivity contribution in [3.63, 3.8) is 0 Å². The molecule has 0 aromatic heterocycles. The zero-order chi connectivity index (χ0) is 26.1. The quantitative estimate of drug-likeness (QED) is 0.255. The van der Waals surface area contributed by atoms with Crippen molar-refractivity contribution in [1.82, 2.24) is 0 Å². The fraction of sp³-hybridized carbons (Fsp3) is 0.400. The second kappa shape index (κ2) is 12.5. The van der Waals surface area contributed by atoms with Crippen molar-refractivity contribution in [2.75, 3.05) is 0 Å². The van der Waals surface area contributed by atoms with Crippen LogP contribution in [0.5, 0.6) is 0 Å². The molecule has 0 aliphatic heterocycles. The van der Waals surface area contributed by atoms with Gasteiger partial charge in [0.2, 0.25) is 0 Å². The van der Waals surface area contributed by atoms with Crippen molar-refractivity contribution in [3.8, 4) is 0 Å². The summed E-state index contributed by atoms with van der Waals surface area (Å²) in [5, 5.41) is 0. The van der Waals surface area contributed by atoms with Gasteiger partial charge in [0, 0.05) is 42.2 Å². The average Bonchev–Trinajstić information content (AvgIpc) is 2.86. The van der Waals surface area contributed by atoms with E-state index in [1.165, 1.54) is 0 Å². The fourth-order valence-electron chi connectivity index (χ4n) is 4.52. The Kier molecular flexibility index (Phi) is 9.74. The molecule has 2 aliphatic rings. The van der Waals surface area contributed by atoms with E-state index < -0.39 is 72.2 Å². The lowest BCUT2D eigenvalue weighted by atomic mass is 9.64. The highest BCUT2D eigenvalue weighted by Crippen LogP contribution is 2.46. The monoisotopic (exact) mass is 488 g/mol. The molecule has 2 aliphatic carbocycles. The predicted molar refractivity (Wildman–Crippen MR) is 121 cm³/mol. The van der Waals surface area contributed by atoms with Crippen LogP contribution in [0.1, 0.15) is 19.3 Å². The lowest BCUT2D eigenvalue weighted by molar-refractivity contribution is -0.243. The van der Waals surface area contributed by atoms with Gasteiger partial charge in [-0.1, -0.05) is 32.9 Å². The molecule has 2 rings (SSSR count). The Morgan fingerprint density at radius 2 is 0.886 bits per heavy atom. The summed E-state index contributed by atoms with van der Waals surface area (Å²) in [5.41, 5.74) is 0. The van der Waals surface area contributed by atoms with Crippen molar-refractivity contribution in [2.45, 2.75) is 49.8 Å². The smallest absolute Gasteiger partial charge is 0.330 e. The lowest BCUT2D eigenvalue weighted by Gasteiger charge is -2.52. The van der Waals surface area contributed by atoms with Crippen LogP contribution in [0.3, 0.4) is 0 Å². The Balaban J connectivity index is 2.69. The number of ether oxygens (including phenoxy) is 5. The molecule has 0 heterocycles. The maximum Gasteiger partial charge on any atom is 0.330 e. The first-order valence-electron chi connectivity index (χ1n) is 10.9. The van der Waals surface area contributed by atoms with Gasteiger partial charge in [-0.2, -0.15) is 0 Å². The largest absolute Gasteiger partial charge is 0.459 e. The first-order valence-corrected chi connectivity index (χ1v) is 10.9. The topological polar surface area (TPSA) is 132 Å². The molecule has 0 aromatic rings. The second-order valence-corrected chi connectivity index (χ2v) is 7.77. The van der Waals surface area contributed by atoms with Crippen molar-refractivity contribution in [1.29, 1.82) is 0 Å². The Bertz CT molecular complexity index is 919. The second-order valence-electron chi connectivity index (χ2n) is 7.77. The summed E-state index contributed by atoms with van der Waals surface area (Å²) in [6.07, 6.45) is -0.207. The van der Waals surface area contributed by atoms with Gasteiger partial charge in [0.05, 0.1) is 0 Å². The van der Waals surface area contributed by atoms with E-state index >= 15 is 0 Å². The van der Waals surface area contributed by atoms with Gasteiger partial charge in [0.15, 0.2) is 12.2 Å². The molecule has 2 fully saturated rings. The Hall–Kier alpha value is -3.95. The van der Waals surface area contributed by atoms with Gasteiger partial charge >= 0.3 is 29.8 Å². The number of carbonyl (C=O) groups is 5. The van der Waals surface area contributed by atoms with E-state index in [0.717, 1.165) is 30.4 Å². The summed E-state index contributed by atoms with van der Waals surface area (Å²) in [6, 6.07) is 0. The molecule has 2 saturated carbocycles. The van der Waals surface area contributed by atoms with Crippen LogP contribution in [0.2, 0.25) is 0 Å². The van der Waals surface area contributed by atoms with Crippen LogP contribution in [0, 0.1) is 11.8 Å². The maximum absolute atomic E-state index is 12.3. The van der Waals surface area contributed by atoms with E-state index in [4.69, 9.17) is 23.7 Å². The number of fused-ring (bicyclic) bond motifs is 1. The average molecular weight is 488 g/mol. The molecule has 0 bridgehead atoms. The van der Waals surface area contributed by atoms with Gasteiger partial charge in [-0.15, -0.1) is 0 Å². The predicted octanol–water partition coefficient (Wildman–Crippen LogP) is 1.91. The highest BCUT2D eigenvalue weighted by molar-refractivity contribution is 5.84. The summed E-state index contributed by atoms with van der Waals surface area (Å²) in [7, 11) is 0. The summed E-state index contributed by atoms with van der Waals surface area (Å²) in [4.78, 5) is 61.0. The third-order valence-electron chi connectivity index (χ3n) is 5.83. The van der Waals surface area contributed by atoms with E-state index in [9.17, 15) is 24.0 Å². The molecule has 0 aromatic carbocycles. The number of carbonyl (C=O) groups excluding carboxylic acids is 5. The first-order chi connectivity index (χ1) is 16.7. The summed E-state index contributed by atoms with van der Waals surface area (Å²) < 4.78 is 27.6. The van der Waals surface area contributed by atoms with Crippen molar-refractivity contribution in [2.24, 2.45) is 11.8 Å². The Morgan fingerprint density at radius 3 is 1.34 bits per heavy atom. The van der Waals surface area contributed by atoms with Crippen LogP contribution >= 0.6 is 0 Å². The third kappa shape index (κ3) is 6.56. The summed E-state index contributed by atoms with van der Waals surface area (Å²) in [6.45, 7) is 16.9. The normalized spacial score (nSPS) is 29.1. The van der Waals surface area contributed by atoms with E-state index in [0.29, 0.717) is 19.3 Å². The molecule has 35 heavy (non-hydrogen) atoms. The van der Waals surface area contributed by atoms with Crippen LogP contribution in [-0.4, -0.2) is 60.4 Å². The van der Waals surface area contributed by atoms with Crippen LogP contribution in [-0.2, 0) is 47.7 Å². The molecule has 0 amide bonds. The van der Waals surface area contributed by atoms with E-state index in [-0.39, 0.29) is 0 Å². The number of esters is 5. The zero-order valence-electron chi connectivity index (χ0n) is 19.2. The molecule has 0 saturated heterocycles. The van der Waals surface area contributed by atoms with Crippen LogP contribution in [0.25, 0.3) is 0 Å². The Morgan fingerprint density at radius 1 is 0.514 bits per heavy atom. The van der Waals surface area contributed by atoms with Crippen molar-refractivity contribution >= 4 is 29.8 Å². The summed E-state index contributed by atoms with van der Waals surface area (Å²) >= 11 is 0. The maximum atomic E-state index is 12.3. The van der Waals surface area contributed by atoms with Gasteiger partial charge in [0.1, 0.15) is 18.3 Å². The number of rotatable bonds is 10. The summed E-state index contributed by atoms with van der Waals surface area (Å²) in [5.74, 6) is -5.65. The van der Waals surface area contributed by atoms with Crippen LogP contribution in [0.4, 0.5) is 0 Å². The molecule has 7 unspecified atom stereocenters. The van der Waals surface area contributed by atoms with Gasteiger partial charge in [0.25, 0.3) is 0 Å². The SMILES string of the molecule is C=CC(=O)OC1CCCC2C(OC(=O)C=C)C(OC(=O)C=C)C(OC(=O)C=C)C(OC(=O)C=C)C12. The molecular weight excluding hydrogens is 460 g/mol. The Labute approximate surface area is 202 Å². The van der Waals surface area contributed by atoms with E-state index in [1.807, 2.05) is 0 Å². The minimum absolute atomic E-state index is 0.379. The van der Waals surface area contributed by atoms with Gasteiger partial charge < -0.3 is 23.7 Å². The fourth-order valence-corrected chi connectivity index (χ4v) is 4.52. The molecule has 0 spiro atoms. The molecular formula is C25H28O10. The van der Waals surface area contributed by atoms with Crippen LogP contribution < -0.4 is 0 Å². The van der Waals surface area contributed by atoms with Crippen molar-refractivity contribution < 1.29 is 47.7 Å². The standard InChI is InChI=1S/C25H28O10/c1-6-16(26)31-15-13-11-12-14-21(15)23(33-18(28)8-3)25(35-20(30)10-5)24(34-19(29)9-4)22(14)32-17(27)7-2/h6-10,14-15,21-25H,1-5,11-13H2. The molecule has 7 atom stereocenters. The number of hydrogen-bond donors (Lipinski definition) is 0. The van der Waals surface area contributed by atoms with E-state index in [2.05, 4.69) is 32.9 Å². The van der Waals surface area contributed by atoms with Crippen molar-refractivity contribution in [3.05, 3.63) is 63.3 Å². The molecule has 0 radical (unpaired) electrons. The molecule has 10 nitrogen and oxygen atoms in total. The number of hydrogen-bond acceptors (Lipinski definition) is 10. The lowest BCUT2D eigenvalue weighted by Crippen LogP contribution is -2.66. The molecule has 0 N–H and O–H groups in total. The highest BCUT2D eigenvalue weighted by atomic mass is 16.6. The minimum Gasteiger partial charge on any atom is -0.459 e. The zero-order valence-corrected chi connectivity index (χ0v) is 19.2. The third-order valence-corrected chi connectivity index (χ3v) is 5.83. The van der Waals surface area contributed by atoms with Crippen LogP contribution in [0.15, 0.2) is 63.3 Å².